The second-order valence-electron chi connectivity index (χ2n) is 5.16. The lowest BCUT2D eigenvalue weighted by atomic mass is 9.96. The highest BCUT2D eigenvalue weighted by Crippen LogP contribution is 2.42. The number of morpholine rings is 1. The molecular weight excluding hydrogens is 291 g/mol. The van der Waals surface area contributed by atoms with Gasteiger partial charge in [-0.25, -0.2) is 0 Å². The van der Waals surface area contributed by atoms with Crippen molar-refractivity contribution in [1.29, 1.82) is 0 Å². The van der Waals surface area contributed by atoms with Gasteiger partial charge in [-0.05, 0) is 17.7 Å². The molecule has 2 aromatic carbocycles. The lowest BCUT2D eigenvalue weighted by Crippen LogP contribution is -2.36. The number of alkyl halides is 3. The number of hydrogen-bond acceptors (Lipinski definition) is 2. The maximum Gasteiger partial charge on any atom is 0.417 e. The molecule has 1 fully saturated rings. The number of hydrogen-bond donors (Lipinski definition) is 0. The number of rotatable bonds is 2. The molecule has 3 rings (SSSR count). The minimum Gasteiger partial charge on any atom is -0.378 e. The van der Waals surface area contributed by atoms with Crippen LogP contribution in [-0.2, 0) is 10.9 Å². The third-order valence-electron chi connectivity index (χ3n) is 3.76. The van der Waals surface area contributed by atoms with Crippen LogP contribution in [0.5, 0.6) is 0 Å². The van der Waals surface area contributed by atoms with Crippen LogP contribution in [0, 0.1) is 0 Å². The van der Waals surface area contributed by atoms with Gasteiger partial charge in [-0.3, -0.25) is 0 Å². The Morgan fingerprint density at radius 2 is 1.55 bits per heavy atom. The van der Waals surface area contributed by atoms with Crippen LogP contribution in [0.1, 0.15) is 5.56 Å². The Balaban J connectivity index is 2.17. The number of nitrogens with zero attached hydrogens (tertiary/aromatic N) is 1. The Kier molecular flexibility index (Phi) is 4.07. The Morgan fingerprint density at radius 1 is 0.864 bits per heavy atom. The molecule has 0 saturated carbocycles. The Hall–Kier alpha value is -2.01. The van der Waals surface area contributed by atoms with E-state index < -0.39 is 11.7 Å². The Bertz CT molecular complexity index is 634. The normalized spacial score (nSPS) is 15.9. The number of halogens is 3. The third-order valence-corrected chi connectivity index (χ3v) is 3.76. The molecule has 116 valence electrons. The maximum atomic E-state index is 13.4. The molecule has 1 saturated heterocycles. The fraction of sp³-hybridized carbons (Fsp3) is 0.294. The first-order valence-electron chi connectivity index (χ1n) is 7.16. The zero-order valence-corrected chi connectivity index (χ0v) is 11.9. The van der Waals surface area contributed by atoms with Gasteiger partial charge in [0.2, 0.25) is 0 Å². The first-order chi connectivity index (χ1) is 10.6. The van der Waals surface area contributed by atoms with E-state index in [-0.39, 0.29) is 5.56 Å². The fourth-order valence-electron chi connectivity index (χ4n) is 2.75. The molecule has 0 aliphatic carbocycles. The number of ether oxygens (including phenoxy) is 1. The molecule has 0 amide bonds. The molecule has 22 heavy (non-hydrogen) atoms. The molecule has 0 spiro atoms. The van der Waals surface area contributed by atoms with Gasteiger partial charge in [0.05, 0.1) is 18.8 Å². The van der Waals surface area contributed by atoms with Crippen LogP contribution >= 0.6 is 0 Å². The van der Waals surface area contributed by atoms with Crippen LogP contribution in [0.25, 0.3) is 11.1 Å². The van der Waals surface area contributed by atoms with Crippen molar-refractivity contribution in [1.82, 2.24) is 0 Å². The van der Waals surface area contributed by atoms with Gasteiger partial charge in [-0.2, -0.15) is 13.2 Å². The highest BCUT2D eigenvalue weighted by Gasteiger charge is 2.35. The molecule has 1 aliphatic rings. The molecule has 0 bridgehead atoms. The van der Waals surface area contributed by atoms with Crippen molar-refractivity contribution >= 4 is 5.69 Å². The van der Waals surface area contributed by atoms with E-state index in [4.69, 9.17) is 4.74 Å². The summed E-state index contributed by atoms with van der Waals surface area (Å²) >= 11 is 0. The van der Waals surface area contributed by atoms with E-state index in [9.17, 15) is 13.2 Å². The van der Waals surface area contributed by atoms with Crippen molar-refractivity contribution in [2.75, 3.05) is 31.2 Å². The van der Waals surface area contributed by atoms with Gasteiger partial charge in [0.25, 0.3) is 0 Å². The first kappa shape index (κ1) is 14.9. The van der Waals surface area contributed by atoms with E-state index in [1.807, 2.05) is 4.90 Å². The van der Waals surface area contributed by atoms with Crippen molar-refractivity contribution in [3.05, 3.63) is 54.1 Å². The molecule has 0 aromatic heterocycles. The quantitative estimate of drug-likeness (QED) is 0.824. The highest BCUT2D eigenvalue weighted by molar-refractivity contribution is 5.82. The molecule has 1 aliphatic heterocycles. The Labute approximate surface area is 127 Å². The molecular formula is C17H16F3NO. The van der Waals surface area contributed by atoms with Gasteiger partial charge in [0.15, 0.2) is 0 Å². The zero-order valence-electron chi connectivity index (χ0n) is 11.9. The van der Waals surface area contributed by atoms with E-state index in [1.165, 1.54) is 6.07 Å². The molecule has 0 unspecified atom stereocenters. The fourth-order valence-corrected chi connectivity index (χ4v) is 2.75. The SMILES string of the molecule is FC(F)(F)c1cccc(N2CCOCC2)c1-c1ccccc1. The average molecular weight is 307 g/mol. The lowest BCUT2D eigenvalue weighted by Gasteiger charge is -2.31. The summed E-state index contributed by atoms with van der Waals surface area (Å²) in [5.74, 6) is 0. The second kappa shape index (κ2) is 6.01. The molecule has 2 aromatic rings. The van der Waals surface area contributed by atoms with Crippen molar-refractivity contribution in [2.45, 2.75) is 6.18 Å². The van der Waals surface area contributed by atoms with Crippen molar-refractivity contribution in [3.8, 4) is 11.1 Å². The zero-order chi connectivity index (χ0) is 15.6. The monoisotopic (exact) mass is 307 g/mol. The maximum absolute atomic E-state index is 13.4. The topological polar surface area (TPSA) is 12.5 Å². The van der Waals surface area contributed by atoms with E-state index in [0.29, 0.717) is 37.6 Å². The summed E-state index contributed by atoms with van der Waals surface area (Å²) in [5.41, 5.74) is 0.849. The summed E-state index contributed by atoms with van der Waals surface area (Å²) < 4.78 is 45.6. The molecule has 2 nitrogen and oxygen atoms in total. The summed E-state index contributed by atoms with van der Waals surface area (Å²) in [7, 11) is 0. The third kappa shape index (κ3) is 2.95. The Morgan fingerprint density at radius 3 is 2.18 bits per heavy atom. The summed E-state index contributed by atoms with van der Waals surface area (Å²) in [4.78, 5) is 1.96. The average Bonchev–Trinajstić information content (AvgIpc) is 2.55. The van der Waals surface area contributed by atoms with Gasteiger partial charge in [-0.15, -0.1) is 0 Å². The largest absolute Gasteiger partial charge is 0.417 e. The smallest absolute Gasteiger partial charge is 0.378 e. The van der Waals surface area contributed by atoms with Crippen LogP contribution in [0.4, 0.5) is 18.9 Å². The van der Waals surface area contributed by atoms with Gasteiger partial charge in [0.1, 0.15) is 0 Å². The van der Waals surface area contributed by atoms with E-state index in [1.54, 1.807) is 36.4 Å². The van der Waals surface area contributed by atoms with Crippen LogP contribution in [0.15, 0.2) is 48.5 Å². The van der Waals surface area contributed by atoms with Crippen LogP contribution in [-0.4, -0.2) is 26.3 Å². The van der Waals surface area contributed by atoms with Crippen molar-refractivity contribution < 1.29 is 17.9 Å². The minimum absolute atomic E-state index is 0.248. The molecule has 1 heterocycles. The molecule has 0 N–H and O–H groups in total. The summed E-state index contributed by atoms with van der Waals surface area (Å²) in [6.07, 6.45) is -4.38. The lowest BCUT2D eigenvalue weighted by molar-refractivity contribution is -0.137. The van der Waals surface area contributed by atoms with Gasteiger partial charge >= 0.3 is 6.18 Å². The standard InChI is InChI=1S/C17H16F3NO/c18-17(19,20)14-7-4-8-15(21-9-11-22-12-10-21)16(14)13-5-2-1-3-6-13/h1-8H,9-12H2. The predicted molar refractivity (Wildman–Crippen MR) is 79.9 cm³/mol. The minimum atomic E-state index is -4.38. The van der Waals surface area contributed by atoms with Crippen molar-refractivity contribution in [2.24, 2.45) is 0 Å². The van der Waals surface area contributed by atoms with Gasteiger partial charge in [-0.1, -0.05) is 36.4 Å². The summed E-state index contributed by atoms with van der Waals surface area (Å²) in [6, 6.07) is 13.1. The number of anilines is 1. The van der Waals surface area contributed by atoms with E-state index in [0.717, 1.165) is 6.07 Å². The van der Waals surface area contributed by atoms with Gasteiger partial charge < -0.3 is 9.64 Å². The second-order valence-corrected chi connectivity index (χ2v) is 5.16. The predicted octanol–water partition coefficient (Wildman–Crippen LogP) is 4.21. The van der Waals surface area contributed by atoms with E-state index >= 15 is 0 Å². The molecule has 0 atom stereocenters. The first-order valence-corrected chi connectivity index (χ1v) is 7.16. The van der Waals surface area contributed by atoms with E-state index in [2.05, 4.69) is 0 Å². The van der Waals surface area contributed by atoms with Gasteiger partial charge in [0, 0.05) is 24.3 Å². The van der Waals surface area contributed by atoms with Crippen molar-refractivity contribution in [3.63, 3.8) is 0 Å². The summed E-state index contributed by atoms with van der Waals surface area (Å²) in [6.45, 7) is 2.26. The van der Waals surface area contributed by atoms with Crippen LogP contribution in [0.3, 0.4) is 0 Å². The number of benzene rings is 2. The van der Waals surface area contributed by atoms with Crippen LogP contribution in [0.2, 0.25) is 0 Å². The van der Waals surface area contributed by atoms with Crippen LogP contribution < -0.4 is 4.90 Å². The molecule has 0 radical (unpaired) electrons. The molecule has 5 heteroatoms. The summed E-state index contributed by atoms with van der Waals surface area (Å²) in [5, 5.41) is 0. The highest BCUT2D eigenvalue weighted by atomic mass is 19.4.